The Bertz CT molecular complexity index is 457. The molecular formula is C15H26IN3O. The zero-order chi connectivity index (χ0) is 15.6. The van der Waals surface area contributed by atoms with Crippen LogP contribution in [-0.4, -0.2) is 24.1 Å². The Hall–Kier alpha value is -0.430. The summed E-state index contributed by atoms with van der Waals surface area (Å²) in [6, 6.07) is 0. The van der Waals surface area contributed by atoms with Crippen LogP contribution in [0.5, 0.6) is 0 Å². The van der Waals surface area contributed by atoms with Gasteiger partial charge in [-0.1, -0.05) is 34.6 Å². The van der Waals surface area contributed by atoms with E-state index in [9.17, 15) is 0 Å². The fourth-order valence-electron chi connectivity index (χ4n) is 2.26. The molecule has 0 saturated heterocycles. The molecule has 0 fully saturated rings. The maximum atomic E-state index is 5.77. The Balaban J connectivity index is 3.57. The van der Waals surface area contributed by atoms with Crippen molar-refractivity contribution in [3.05, 3.63) is 15.1 Å². The molecule has 1 N–H and O–H groups in total. The van der Waals surface area contributed by atoms with E-state index in [1.165, 1.54) is 0 Å². The summed E-state index contributed by atoms with van der Waals surface area (Å²) in [4.78, 5) is 9.55. The predicted octanol–water partition coefficient (Wildman–Crippen LogP) is 4.08. The third-order valence-electron chi connectivity index (χ3n) is 3.74. The monoisotopic (exact) mass is 391 g/mol. The Morgan fingerprint density at radius 2 is 1.70 bits per heavy atom. The Kier molecular flexibility index (Phi) is 5.78. The Morgan fingerprint density at radius 3 is 2.05 bits per heavy atom. The van der Waals surface area contributed by atoms with Gasteiger partial charge in [0.1, 0.15) is 11.4 Å². The van der Waals surface area contributed by atoms with Gasteiger partial charge in [-0.25, -0.2) is 9.97 Å². The molecule has 0 unspecified atom stereocenters. The van der Waals surface area contributed by atoms with Crippen molar-refractivity contribution in [2.75, 3.05) is 19.5 Å². The predicted molar refractivity (Wildman–Crippen MR) is 92.3 cm³/mol. The minimum atomic E-state index is -0.407. The van der Waals surface area contributed by atoms with Crippen LogP contribution in [0.2, 0.25) is 0 Å². The van der Waals surface area contributed by atoms with Crippen molar-refractivity contribution in [1.29, 1.82) is 0 Å². The summed E-state index contributed by atoms with van der Waals surface area (Å²) in [5.41, 5.74) is 0.632. The molecule has 0 aromatic carbocycles. The summed E-state index contributed by atoms with van der Waals surface area (Å²) in [5, 5.41) is 3.18. The molecule has 0 aliphatic heterocycles. The van der Waals surface area contributed by atoms with Crippen LogP contribution in [0.25, 0.3) is 0 Å². The second-order valence-corrected chi connectivity index (χ2v) is 7.04. The van der Waals surface area contributed by atoms with E-state index < -0.39 is 5.60 Å². The van der Waals surface area contributed by atoms with Crippen molar-refractivity contribution < 1.29 is 4.74 Å². The van der Waals surface area contributed by atoms with Crippen LogP contribution in [0.4, 0.5) is 5.82 Å². The van der Waals surface area contributed by atoms with Gasteiger partial charge in [0.05, 0.1) is 9.26 Å². The van der Waals surface area contributed by atoms with Crippen LogP contribution in [0.3, 0.4) is 0 Å². The molecule has 4 nitrogen and oxygen atoms in total. The van der Waals surface area contributed by atoms with Crippen molar-refractivity contribution in [1.82, 2.24) is 9.97 Å². The summed E-state index contributed by atoms with van der Waals surface area (Å²) in [6.45, 7) is 10.8. The van der Waals surface area contributed by atoms with E-state index in [4.69, 9.17) is 14.7 Å². The number of halogens is 1. The second-order valence-electron chi connectivity index (χ2n) is 5.96. The molecule has 0 aliphatic rings. The van der Waals surface area contributed by atoms with Crippen LogP contribution >= 0.6 is 22.6 Å². The molecule has 20 heavy (non-hydrogen) atoms. The van der Waals surface area contributed by atoms with E-state index in [1.807, 2.05) is 7.05 Å². The Labute approximate surface area is 136 Å². The molecule has 1 aromatic heterocycles. The first-order chi connectivity index (χ1) is 9.25. The molecule has 114 valence electrons. The van der Waals surface area contributed by atoms with Crippen molar-refractivity contribution in [3.8, 4) is 0 Å². The SMILES string of the molecule is CCC(CC)(OC)c1nc(NC)c(I)c(C(C)(C)C)n1. The number of methoxy groups -OCH3 is 1. The van der Waals surface area contributed by atoms with Gasteiger partial charge in [-0.2, -0.15) is 0 Å². The number of ether oxygens (including phenoxy) is 1. The maximum Gasteiger partial charge on any atom is 0.162 e. The summed E-state index contributed by atoms with van der Waals surface area (Å²) in [7, 11) is 3.64. The number of aromatic nitrogens is 2. The first kappa shape index (κ1) is 17.6. The van der Waals surface area contributed by atoms with Gasteiger partial charge < -0.3 is 10.1 Å². The van der Waals surface area contributed by atoms with E-state index in [1.54, 1.807) is 7.11 Å². The zero-order valence-corrected chi connectivity index (χ0v) is 15.8. The quantitative estimate of drug-likeness (QED) is 0.769. The van der Waals surface area contributed by atoms with E-state index in [-0.39, 0.29) is 5.41 Å². The summed E-state index contributed by atoms with van der Waals surface area (Å²) in [6.07, 6.45) is 1.71. The number of hydrogen-bond acceptors (Lipinski definition) is 4. The molecule has 0 bridgehead atoms. The van der Waals surface area contributed by atoms with Crippen LogP contribution in [0.1, 0.15) is 59.0 Å². The van der Waals surface area contributed by atoms with E-state index in [0.29, 0.717) is 0 Å². The molecule has 1 heterocycles. The van der Waals surface area contributed by atoms with E-state index in [0.717, 1.165) is 33.7 Å². The van der Waals surface area contributed by atoms with Crippen LogP contribution in [-0.2, 0) is 15.8 Å². The number of nitrogens with zero attached hydrogens (tertiary/aromatic N) is 2. The maximum absolute atomic E-state index is 5.77. The summed E-state index contributed by atoms with van der Waals surface area (Å²) in [5.74, 6) is 1.66. The minimum absolute atomic E-state index is 0.0270. The van der Waals surface area contributed by atoms with E-state index >= 15 is 0 Å². The number of anilines is 1. The lowest BCUT2D eigenvalue weighted by atomic mass is 9.90. The van der Waals surface area contributed by atoms with E-state index in [2.05, 4.69) is 62.5 Å². The first-order valence-corrected chi connectivity index (χ1v) is 8.15. The van der Waals surface area contributed by atoms with Gasteiger partial charge in [-0.15, -0.1) is 0 Å². The summed E-state index contributed by atoms with van der Waals surface area (Å²) >= 11 is 2.32. The molecule has 5 heteroatoms. The largest absolute Gasteiger partial charge is 0.372 e. The topological polar surface area (TPSA) is 47.0 Å². The highest BCUT2D eigenvalue weighted by Crippen LogP contribution is 2.35. The van der Waals surface area contributed by atoms with Crippen molar-refractivity contribution in [2.45, 2.75) is 58.5 Å². The van der Waals surface area contributed by atoms with Crippen molar-refractivity contribution in [3.63, 3.8) is 0 Å². The molecule has 0 radical (unpaired) electrons. The minimum Gasteiger partial charge on any atom is -0.372 e. The number of rotatable bonds is 5. The number of nitrogens with one attached hydrogen (secondary N) is 1. The van der Waals surface area contributed by atoms with Crippen LogP contribution in [0, 0.1) is 3.57 Å². The van der Waals surface area contributed by atoms with Crippen molar-refractivity contribution in [2.24, 2.45) is 0 Å². The molecule has 1 aromatic rings. The first-order valence-electron chi connectivity index (χ1n) is 7.07. The molecule has 0 aliphatic carbocycles. The molecule has 1 rings (SSSR count). The number of hydrogen-bond donors (Lipinski definition) is 1. The standard InChI is InChI=1S/C15H26IN3O/c1-8-15(9-2,20-7)13-18-11(14(3,4)5)10(16)12(17-6)19-13/h8-9H2,1-7H3,(H,17,18,19). The van der Waals surface area contributed by atoms with Gasteiger partial charge in [0.2, 0.25) is 0 Å². The van der Waals surface area contributed by atoms with Gasteiger partial charge in [0, 0.05) is 19.6 Å². The average molecular weight is 391 g/mol. The highest BCUT2D eigenvalue weighted by atomic mass is 127. The fraction of sp³-hybridized carbons (Fsp3) is 0.733. The lowest BCUT2D eigenvalue weighted by Crippen LogP contribution is -2.32. The van der Waals surface area contributed by atoms with Gasteiger partial charge in [-0.3, -0.25) is 0 Å². The molecule has 0 atom stereocenters. The molecule has 0 saturated carbocycles. The highest BCUT2D eigenvalue weighted by Gasteiger charge is 2.34. The average Bonchev–Trinajstić information content (AvgIpc) is 2.41. The van der Waals surface area contributed by atoms with Gasteiger partial charge >= 0.3 is 0 Å². The molecule has 0 amide bonds. The van der Waals surface area contributed by atoms with Gasteiger partial charge in [0.15, 0.2) is 5.82 Å². The molecular weight excluding hydrogens is 365 g/mol. The lowest BCUT2D eigenvalue weighted by molar-refractivity contribution is -0.0293. The normalized spacial score (nSPS) is 12.6. The van der Waals surface area contributed by atoms with Gasteiger partial charge in [-0.05, 0) is 35.4 Å². The smallest absolute Gasteiger partial charge is 0.162 e. The molecule has 0 spiro atoms. The van der Waals surface area contributed by atoms with Gasteiger partial charge in [0.25, 0.3) is 0 Å². The lowest BCUT2D eigenvalue weighted by Gasteiger charge is -2.31. The third-order valence-corrected chi connectivity index (χ3v) is 4.76. The highest BCUT2D eigenvalue weighted by molar-refractivity contribution is 14.1. The Morgan fingerprint density at radius 1 is 1.15 bits per heavy atom. The fourth-order valence-corrected chi connectivity index (χ4v) is 3.58. The van der Waals surface area contributed by atoms with Crippen LogP contribution in [0.15, 0.2) is 0 Å². The second kappa shape index (κ2) is 6.56. The summed E-state index contributed by atoms with van der Waals surface area (Å²) < 4.78 is 6.86. The van der Waals surface area contributed by atoms with Crippen LogP contribution < -0.4 is 5.32 Å². The third kappa shape index (κ3) is 3.24. The van der Waals surface area contributed by atoms with Crippen molar-refractivity contribution >= 4 is 28.4 Å². The zero-order valence-electron chi connectivity index (χ0n) is 13.6.